The Balaban J connectivity index is 1.86. The molecule has 0 spiro atoms. The second-order valence-corrected chi connectivity index (χ2v) is 6.49. The summed E-state index contributed by atoms with van der Waals surface area (Å²) in [6.07, 6.45) is 1.36. The van der Waals surface area contributed by atoms with E-state index in [4.69, 9.17) is 4.74 Å². The molecule has 0 atom stereocenters. The number of aromatic hydroxyl groups is 1. The van der Waals surface area contributed by atoms with Crippen molar-refractivity contribution >= 4 is 39.0 Å². The predicted octanol–water partition coefficient (Wildman–Crippen LogP) is 3.78. The number of para-hydroxylation sites is 1. The molecule has 1 heterocycles. The number of nitrogens with one attached hydrogen (secondary N) is 1. The van der Waals surface area contributed by atoms with E-state index in [1.807, 2.05) is 31.2 Å². The van der Waals surface area contributed by atoms with E-state index in [1.165, 1.54) is 13.3 Å². The monoisotopic (exact) mass is 413 g/mol. The standard InChI is InChI=1S/C19H16BrN3O3/c1-11-7-15(14-5-3-4-6-16(14)22-11)19(25)23-21-10-12-8-13(20)9-17(26-2)18(12)24/h3-10,24H,1-2H3,(H,23,25). The van der Waals surface area contributed by atoms with Crippen molar-refractivity contribution < 1.29 is 14.6 Å². The maximum Gasteiger partial charge on any atom is 0.272 e. The summed E-state index contributed by atoms with van der Waals surface area (Å²) in [4.78, 5) is 16.9. The molecule has 26 heavy (non-hydrogen) atoms. The fraction of sp³-hybridized carbons (Fsp3) is 0.105. The van der Waals surface area contributed by atoms with E-state index in [1.54, 1.807) is 18.2 Å². The lowest BCUT2D eigenvalue weighted by Gasteiger charge is -2.08. The number of nitrogens with zero attached hydrogens (tertiary/aromatic N) is 2. The average Bonchev–Trinajstić information content (AvgIpc) is 2.63. The first-order chi connectivity index (χ1) is 12.5. The molecular weight excluding hydrogens is 398 g/mol. The van der Waals surface area contributed by atoms with Gasteiger partial charge in [0.05, 0.1) is 24.4 Å². The van der Waals surface area contributed by atoms with E-state index in [2.05, 4.69) is 31.4 Å². The smallest absolute Gasteiger partial charge is 0.272 e. The van der Waals surface area contributed by atoms with Gasteiger partial charge in [-0.25, -0.2) is 5.43 Å². The topological polar surface area (TPSA) is 83.8 Å². The molecular formula is C19H16BrN3O3. The van der Waals surface area contributed by atoms with Crippen LogP contribution in [-0.4, -0.2) is 29.3 Å². The van der Waals surface area contributed by atoms with E-state index < -0.39 is 0 Å². The van der Waals surface area contributed by atoms with E-state index >= 15 is 0 Å². The van der Waals surface area contributed by atoms with Crippen molar-refractivity contribution in [2.24, 2.45) is 5.10 Å². The molecule has 0 unspecified atom stereocenters. The quantitative estimate of drug-likeness (QED) is 0.503. The van der Waals surface area contributed by atoms with Gasteiger partial charge in [0, 0.05) is 21.1 Å². The number of phenols is 1. The van der Waals surface area contributed by atoms with Crippen LogP contribution in [0, 0.1) is 6.92 Å². The number of fused-ring (bicyclic) bond motifs is 1. The normalized spacial score (nSPS) is 11.0. The molecule has 0 radical (unpaired) electrons. The summed E-state index contributed by atoms with van der Waals surface area (Å²) in [5, 5.41) is 14.8. The lowest BCUT2D eigenvalue weighted by Crippen LogP contribution is -2.18. The Morgan fingerprint density at radius 1 is 1.31 bits per heavy atom. The Morgan fingerprint density at radius 2 is 2.08 bits per heavy atom. The first kappa shape index (κ1) is 17.9. The van der Waals surface area contributed by atoms with Crippen molar-refractivity contribution in [2.45, 2.75) is 6.92 Å². The molecule has 0 saturated carbocycles. The number of aromatic nitrogens is 1. The van der Waals surface area contributed by atoms with Crippen molar-refractivity contribution in [3.05, 3.63) is 63.8 Å². The highest BCUT2D eigenvalue weighted by molar-refractivity contribution is 9.10. The molecule has 2 aromatic carbocycles. The molecule has 3 aromatic rings. The number of amides is 1. The number of hydrogen-bond acceptors (Lipinski definition) is 5. The second kappa shape index (κ2) is 7.53. The Bertz CT molecular complexity index is 1020. The summed E-state index contributed by atoms with van der Waals surface area (Å²) < 4.78 is 5.81. The van der Waals surface area contributed by atoms with Crippen molar-refractivity contribution in [2.75, 3.05) is 7.11 Å². The number of hydrogen-bond donors (Lipinski definition) is 2. The van der Waals surface area contributed by atoms with E-state index in [-0.39, 0.29) is 11.7 Å². The van der Waals surface area contributed by atoms with Crippen LogP contribution in [0.5, 0.6) is 11.5 Å². The second-order valence-electron chi connectivity index (χ2n) is 5.57. The van der Waals surface area contributed by atoms with Crippen molar-refractivity contribution in [1.29, 1.82) is 0 Å². The number of rotatable bonds is 4. The third-order valence-electron chi connectivity index (χ3n) is 3.75. The maximum atomic E-state index is 12.5. The van der Waals surface area contributed by atoms with Gasteiger partial charge in [0.25, 0.3) is 5.91 Å². The molecule has 0 aliphatic carbocycles. The molecule has 0 aliphatic rings. The minimum absolute atomic E-state index is 0.0566. The van der Waals surface area contributed by atoms with Gasteiger partial charge >= 0.3 is 0 Å². The first-order valence-corrected chi connectivity index (χ1v) is 8.55. The third kappa shape index (κ3) is 3.67. The number of ether oxygens (including phenoxy) is 1. The fourth-order valence-corrected chi connectivity index (χ4v) is 3.02. The highest BCUT2D eigenvalue weighted by Crippen LogP contribution is 2.32. The molecule has 6 nitrogen and oxygen atoms in total. The largest absolute Gasteiger partial charge is 0.504 e. The summed E-state index contributed by atoms with van der Waals surface area (Å²) >= 11 is 3.33. The fourth-order valence-electron chi connectivity index (χ4n) is 2.56. The van der Waals surface area contributed by atoms with Crippen LogP contribution in [-0.2, 0) is 0 Å². The van der Waals surface area contributed by atoms with Gasteiger partial charge in [-0.15, -0.1) is 0 Å². The van der Waals surface area contributed by atoms with E-state index in [0.717, 1.165) is 21.1 Å². The summed E-state index contributed by atoms with van der Waals surface area (Å²) in [5.74, 6) is -0.105. The van der Waals surface area contributed by atoms with Crippen LogP contribution in [0.4, 0.5) is 0 Å². The zero-order chi connectivity index (χ0) is 18.7. The number of carbonyl (C=O) groups is 1. The first-order valence-electron chi connectivity index (χ1n) is 7.76. The molecule has 2 N–H and O–H groups in total. The number of methoxy groups -OCH3 is 1. The highest BCUT2D eigenvalue weighted by atomic mass is 79.9. The Labute approximate surface area is 158 Å². The van der Waals surface area contributed by atoms with Gasteiger partial charge < -0.3 is 9.84 Å². The summed E-state index contributed by atoms with van der Waals surface area (Å²) in [5.41, 5.74) is 4.87. The zero-order valence-corrected chi connectivity index (χ0v) is 15.7. The Morgan fingerprint density at radius 3 is 2.85 bits per heavy atom. The Kier molecular flexibility index (Phi) is 5.18. The maximum absolute atomic E-state index is 12.5. The van der Waals surface area contributed by atoms with Crippen molar-refractivity contribution in [1.82, 2.24) is 10.4 Å². The molecule has 1 amide bonds. The van der Waals surface area contributed by atoms with E-state index in [9.17, 15) is 9.90 Å². The van der Waals surface area contributed by atoms with Crippen LogP contribution in [0.25, 0.3) is 10.9 Å². The molecule has 0 fully saturated rings. The number of pyridine rings is 1. The van der Waals surface area contributed by atoms with Crippen LogP contribution >= 0.6 is 15.9 Å². The number of carbonyl (C=O) groups excluding carboxylic acids is 1. The Hall–Kier alpha value is -2.93. The zero-order valence-electron chi connectivity index (χ0n) is 14.2. The van der Waals surface area contributed by atoms with Crippen LogP contribution < -0.4 is 10.2 Å². The van der Waals surface area contributed by atoms with Crippen LogP contribution in [0.1, 0.15) is 21.6 Å². The molecule has 0 bridgehead atoms. The number of hydrazone groups is 1. The van der Waals surface area contributed by atoms with Crippen LogP contribution in [0.3, 0.4) is 0 Å². The van der Waals surface area contributed by atoms with Gasteiger partial charge in [-0.05, 0) is 31.2 Å². The molecule has 132 valence electrons. The summed E-state index contributed by atoms with van der Waals surface area (Å²) in [6.45, 7) is 1.83. The van der Waals surface area contributed by atoms with Crippen LogP contribution in [0.2, 0.25) is 0 Å². The predicted molar refractivity (Wildman–Crippen MR) is 104 cm³/mol. The molecule has 0 saturated heterocycles. The SMILES string of the molecule is COc1cc(Br)cc(C=NNC(=O)c2cc(C)nc3ccccc23)c1O. The number of phenolic OH excluding ortho intramolecular Hbond substituents is 1. The highest BCUT2D eigenvalue weighted by Gasteiger charge is 2.12. The van der Waals surface area contributed by atoms with Crippen LogP contribution in [0.15, 0.2) is 52.0 Å². The van der Waals surface area contributed by atoms with Crippen molar-refractivity contribution in [3.8, 4) is 11.5 Å². The molecule has 0 aliphatic heterocycles. The lowest BCUT2D eigenvalue weighted by atomic mass is 10.1. The van der Waals surface area contributed by atoms with Gasteiger partial charge in [-0.2, -0.15) is 5.10 Å². The van der Waals surface area contributed by atoms with Gasteiger partial charge in [0.2, 0.25) is 0 Å². The van der Waals surface area contributed by atoms with Gasteiger partial charge in [0.15, 0.2) is 11.5 Å². The number of halogens is 1. The molecule has 3 rings (SSSR count). The number of benzene rings is 2. The number of aryl methyl sites for hydroxylation is 1. The third-order valence-corrected chi connectivity index (χ3v) is 4.21. The van der Waals surface area contributed by atoms with Gasteiger partial charge in [-0.3, -0.25) is 9.78 Å². The van der Waals surface area contributed by atoms with Gasteiger partial charge in [-0.1, -0.05) is 34.1 Å². The summed E-state index contributed by atoms with van der Waals surface area (Å²) in [6, 6.07) is 12.4. The summed E-state index contributed by atoms with van der Waals surface area (Å²) in [7, 11) is 1.46. The molecule has 7 heteroatoms. The minimum atomic E-state index is -0.357. The minimum Gasteiger partial charge on any atom is -0.504 e. The van der Waals surface area contributed by atoms with Gasteiger partial charge in [0.1, 0.15) is 0 Å². The molecule has 1 aromatic heterocycles. The lowest BCUT2D eigenvalue weighted by molar-refractivity contribution is 0.0956. The van der Waals surface area contributed by atoms with Crippen molar-refractivity contribution in [3.63, 3.8) is 0 Å². The average molecular weight is 414 g/mol. The van der Waals surface area contributed by atoms with E-state index in [0.29, 0.717) is 16.9 Å².